The van der Waals surface area contributed by atoms with Crippen molar-refractivity contribution in [3.63, 3.8) is 0 Å². The average molecular weight is 366 g/mol. The summed E-state index contributed by atoms with van der Waals surface area (Å²) in [5.41, 5.74) is 6.90. The van der Waals surface area contributed by atoms with Crippen LogP contribution in [-0.4, -0.2) is 32.3 Å². The molecular weight excluding hydrogens is 344 g/mol. The number of nitriles is 1. The van der Waals surface area contributed by atoms with Gasteiger partial charge in [0.05, 0.1) is 13.2 Å². The maximum Gasteiger partial charge on any atom is 0.259 e. The third-order valence-corrected chi connectivity index (χ3v) is 3.59. The van der Waals surface area contributed by atoms with E-state index in [9.17, 15) is 4.79 Å². The van der Waals surface area contributed by atoms with Crippen LogP contribution in [0.15, 0.2) is 54.1 Å². The van der Waals surface area contributed by atoms with Gasteiger partial charge >= 0.3 is 0 Å². The minimum absolute atomic E-state index is 0.0927. The summed E-state index contributed by atoms with van der Waals surface area (Å²) in [6.07, 6.45) is 1.43. The van der Waals surface area contributed by atoms with Crippen LogP contribution in [-0.2, 0) is 9.53 Å². The molecule has 27 heavy (non-hydrogen) atoms. The van der Waals surface area contributed by atoms with E-state index in [4.69, 9.17) is 25.2 Å². The van der Waals surface area contributed by atoms with Gasteiger partial charge in [0.2, 0.25) is 0 Å². The van der Waals surface area contributed by atoms with Crippen LogP contribution < -0.4 is 15.2 Å². The summed E-state index contributed by atoms with van der Waals surface area (Å²) in [5, 5.41) is 8.83. The SMILES string of the molecule is Cc1ccc(OCCOCCOc2ccc(C=C(C#N)C(N)=O)cc2)cc1. The zero-order chi connectivity index (χ0) is 19.5. The number of nitrogens with two attached hydrogens (primary N) is 1. The minimum Gasteiger partial charge on any atom is -0.491 e. The summed E-state index contributed by atoms with van der Waals surface area (Å²) in [7, 11) is 0. The van der Waals surface area contributed by atoms with E-state index in [1.165, 1.54) is 11.6 Å². The zero-order valence-corrected chi connectivity index (χ0v) is 15.2. The van der Waals surface area contributed by atoms with Crippen molar-refractivity contribution < 1.29 is 19.0 Å². The van der Waals surface area contributed by atoms with Crippen LogP contribution in [0.2, 0.25) is 0 Å². The third kappa shape index (κ3) is 7.22. The zero-order valence-electron chi connectivity index (χ0n) is 15.2. The van der Waals surface area contributed by atoms with Crippen molar-refractivity contribution in [3.8, 4) is 17.6 Å². The monoisotopic (exact) mass is 366 g/mol. The first kappa shape index (κ1) is 20.0. The van der Waals surface area contributed by atoms with Crippen molar-refractivity contribution >= 4 is 12.0 Å². The summed E-state index contributed by atoms with van der Waals surface area (Å²) in [6, 6.07) is 16.6. The molecule has 6 heteroatoms. The first-order valence-electron chi connectivity index (χ1n) is 8.50. The molecule has 2 N–H and O–H groups in total. The van der Waals surface area contributed by atoms with E-state index in [0.29, 0.717) is 37.7 Å². The van der Waals surface area contributed by atoms with Gasteiger partial charge in [-0.05, 0) is 42.8 Å². The summed E-state index contributed by atoms with van der Waals surface area (Å²) in [4.78, 5) is 11.0. The second kappa shape index (κ2) is 10.6. The van der Waals surface area contributed by atoms with Crippen LogP contribution in [0.1, 0.15) is 11.1 Å². The summed E-state index contributed by atoms with van der Waals surface area (Å²) >= 11 is 0. The second-order valence-corrected chi connectivity index (χ2v) is 5.73. The Labute approximate surface area is 158 Å². The quantitative estimate of drug-likeness (QED) is 0.396. The molecule has 0 spiro atoms. The molecule has 0 atom stereocenters. The average Bonchev–Trinajstić information content (AvgIpc) is 2.67. The predicted molar refractivity (Wildman–Crippen MR) is 102 cm³/mol. The molecule has 0 aromatic heterocycles. The molecule has 1 amide bonds. The lowest BCUT2D eigenvalue weighted by Gasteiger charge is -2.09. The Morgan fingerprint density at radius 2 is 1.48 bits per heavy atom. The number of hydrogen-bond donors (Lipinski definition) is 1. The standard InChI is InChI=1S/C21H22N2O4/c1-16-2-6-19(7-3-16)26-12-10-25-11-13-27-20-8-4-17(5-9-20)14-18(15-22)21(23)24/h2-9,14H,10-13H2,1H3,(H2,23,24). The number of carbonyl (C=O) groups excluding carboxylic acids is 1. The van der Waals surface area contributed by atoms with Crippen molar-refractivity contribution in [2.24, 2.45) is 5.73 Å². The fourth-order valence-corrected chi connectivity index (χ4v) is 2.16. The van der Waals surface area contributed by atoms with Crippen molar-refractivity contribution in [2.45, 2.75) is 6.92 Å². The number of primary amides is 1. The number of carbonyl (C=O) groups is 1. The van der Waals surface area contributed by atoms with Gasteiger partial charge < -0.3 is 19.9 Å². The largest absolute Gasteiger partial charge is 0.491 e. The molecule has 2 rings (SSSR count). The van der Waals surface area contributed by atoms with Crippen LogP contribution in [0, 0.1) is 18.3 Å². The topological polar surface area (TPSA) is 94.6 Å². The van der Waals surface area contributed by atoms with Gasteiger partial charge in [-0.1, -0.05) is 29.8 Å². The molecule has 0 saturated carbocycles. The van der Waals surface area contributed by atoms with Crippen molar-refractivity contribution in [1.29, 1.82) is 5.26 Å². The number of rotatable bonds is 10. The Kier molecular flexibility index (Phi) is 7.89. The smallest absolute Gasteiger partial charge is 0.259 e. The predicted octanol–water partition coefficient (Wildman–Crippen LogP) is 2.86. The Balaban J connectivity index is 1.63. The van der Waals surface area contributed by atoms with Gasteiger partial charge in [0.1, 0.15) is 36.4 Å². The van der Waals surface area contributed by atoms with Gasteiger partial charge in [-0.15, -0.1) is 0 Å². The molecule has 0 saturated heterocycles. The number of amides is 1. The lowest BCUT2D eigenvalue weighted by atomic mass is 10.1. The van der Waals surface area contributed by atoms with Gasteiger partial charge in [0.15, 0.2) is 0 Å². The minimum atomic E-state index is -0.749. The molecule has 6 nitrogen and oxygen atoms in total. The normalized spacial score (nSPS) is 10.9. The van der Waals surface area contributed by atoms with Crippen LogP contribution in [0.3, 0.4) is 0 Å². The van der Waals surface area contributed by atoms with E-state index >= 15 is 0 Å². The highest BCUT2D eigenvalue weighted by atomic mass is 16.5. The highest BCUT2D eigenvalue weighted by Gasteiger charge is 2.03. The molecule has 0 unspecified atom stereocenters. The Bertz CT molecular complexity index is 806. The second-order valence-electron chi connectivity index (χ2n) is 5.73. The van der Waals surface area contributed by atoms with Gasteiger partial charge in [0, 0.05) is 0 Å². The fraction of sp³-hybridized carbons (Fsp3) is 0.238. The van der Waals surface area contributed by atoms with E-state index in [-0.39, 0.29) is 5.57 Å². The number of nitrogens with zero attached hydrogens (tertiary/aromatic N) is 1. The molecular formula is C21H22N2O4. The maximum atomic E-state index is 11.0. The van der Waals surface area contributed by atoms with Crippen LogP contribution in [0.4, 0.5) is 0 Å². The van der Waals surface area contributed by atoms with E-state index < -0.39 is 5.91 Å². The van der Waals surface area contributed by atoms with Gasteiger partial charge in [-0.2, -0.15) is 5.26 Å². The molecule has 0 aliphatic rings. The Morgan fingerprint density at radius 3 is 1.96 bits per heavy atom. The Morgan fingerprint density at radius 1 is 0.963 bits per heavy atom. The molecule has 140 valence electrons. The Hall–Kier alpha value is -3.30. The lowest BCUT2D eigenvalue weighted by molar-refractivity contribution is -0.114. The van der Waals surface area contributed by atoms with Gasteiger partial charge in [-0.25, -0.2) is 0 Å². The maximum absolute atomic E-state index is 11.0. The van der Waals surface area contributed by atoms with E-state index in [2.05, 4.69) is 0 Å². The van der Waals surface area contributed by atoms with Gasteiger partial charge in [0.25, 0.3) is 5.91 Å². The summed E-state index contributed by atoms with van der Waals surface area (Å²) in [6.45, 7) is 3.83. The number of ether oxygens (including phenoxy) is 3. The van der Waals surface area contributed by atoms with Crippen molar-refractivity contribution in [3.05, 3.63) is 65.2 Å². The summed E-state index contributed by atoms with van der Waals surface area (Å²) in [5.74, 6) is 0.746. The first-order chi connectivity index (χ1) is 13.1. The molecule has 0 aliphatic carbocycles. The van der Waals surface area contributed by atoms with E-state index in [1.807, 2.05) is 31.2 Å². The van der Waals surface area contributed by atoms with Crippen molar-refractivity contribution in [2.75, 3.05) is 26.4 Å². The molecule has 0 heterocycles. The molecule has 0 radical (unpaired) electrons. The van der Waals surface area contributed by atoms with Gasteiger partial charge in [-0.3, -0.25) is 4.79 Å². The molecule has 0 bridgehead atoms. The molecule has 0 aliphatic heterocycles. The number of aryl methyl sites for hydroxylation is 1. The van der Waals surface area contributed by atoms with E-state index in [1.54, 1.807) is 30.3 Å². The number of benzene rings is 2. The van der Waals surface area contributed by atoms with E-state index in [0.717, 1.165) is 5.75 Å². The highest BCUT2D eigenvalue weighted by molar-refractivity contribution is 6.00. The lowest BCUT2D eigenvalue weighted by Crippen LogP contribution is -2.12. The van der Waals surface area contributed by atoms with Crippen LogP contribution in [0.25, 0.3) is 6.08 Å². The first-order valence-corrected chi connectivity index (χ1v) is 8.50. The summed E-state index contributed by atoms with van der Waals surface area (Å²) < 4.78 is 16.6. The van der Waals surface area contributed by atoms with Crippen molar-refractivity contribution in [1.82, 2.24) is 0 Å². The van der Waals surface area contributed by atoms with Crippen LogP contribution >= 0.6 is 0 Å². The van der Waals surface area contributed by atoms with Crippen LogP contribution in [0.5, 0.6) is 11.5 Å². The molecule has 2 aromatic rings. The molecule has 2 aromatic carbocycles. The highest BCUT2D eigenvalue weighted by Crippen LogP contribution is 2.14. The molecule has 0 fully saturated rings. The number of hydrogen-bond acceptors (Lipinski definition) is 5. The third-order valence-electron chi connectivity index (χ3n) is 3.59. The fourth-order valence-electron chi connectivity index (χ4n) is 2.16.